The Bertz CT molecular complexity index is 345. The highest BCUT2D eigenvalue weighted by Crippen LogP contribution is 2.22. The lowest BCUT2D eigenvalue weighted by molar-refractivity contribution is -0.130. The fourth-order valence-corrected chi connectivity index (χ4v) is 1.66. The first-order valence-corrected chi connectivity index (χ1v) is 6.01. The largest absolute Gasteiger partial charge is 0.347 e. The summed E-state index contributed by atoms with van der Waals surface area (Å²) in [5, 5.41) is 3.01. The minimum absolute atomic E-state index is 0.0196. The Morgan fingerprint density at radius 1 is 1.65 bits per heavy atom. The van der Waals surface area contributed by atoms with Crippen LogP contribution < -0.4 is 11.1 Å². The molecule has 0 radical (unpaired) electrons. The third kappa shape index (κ3) is 3.56. The number of aromatic amines is 1. The number of aromatic nitrogens is 2. The molecule has 0 bridgehead atoms. The van der Waals surface area contributed by atoms with Gasteiger partial charge in [-0.3, -0.25) is 4.79 Å². The molecule has 1 aromatic rings. The van der Waals surface area contributed by atoms with Crippen LogP contribution in [0, 0.1) is 5.41 Å². The van der Waals surface area contributed by atoms with E-state index in [9.17, 15) is 4.79 Å². The number of carbonyl (C=O) groups excluding carboxylic acids is 1. The molecular weight excluding hydrogens is 216 g/mol. The van der Waals surface area contributed by atoms with Crippen LogP contribution in [0.5, 0.6) is 0 Å². The number of carbonyl (C=O) groups is 1. The topological polar surface area (TPSA) is 83.8 Å². The van der Waals surface area contributed by atoms with Crippen molar-refractivity contribution >= 4 is 5.91 Å². The highest BCUT2D eigenvalue weighted by atomic mass is 16.2. The lowest BCUT2D eigenvalue weighted by Gasteiger charge is -2.25. The molecule has 1 aromatic heterocycles. The van der Waals surface area contributed by atoms with Gasteiger partial charge in [-0.15, -0.1) is 0 Å². The first-order valence-electron chi connectivity index (χ1n) is 6.01. The molecule has 0 fully saturated rings. The minimum atomic E-state index is -0.436. The number of nitrogens with two attached hydrogens (primary N) is 1. The number of nitrogens with one attached hydrogen (secondary N) is 2. The quantitative estimate of drug-likeness (QED) is 0.699. The second kappa shape index (κ2) is 5.82. The molecule has 1 amide bonds. The lowest BCUT2D eigenvalue weighted by Crippen LogP contribution is -2.40. The number of amides is 1. The summed E-state index contributed by atoms with van der Waals surface area (Å²) >= 11 is 0. The number of hydrogen-bond acceptors (Lipinski definition) is 3. The average Bonchev–Trinajstić information content (AvgIpc) is 2.78. The van der Waals surface area contributed by atoms with Gasteiger partial charge in [-0.2, -0.15) is 0 Å². The predicted molar refractivity (Wildman–Crippen MR) is 67.2 cm³/mol. The van der Waals surface area contributed by atoms with E-state index in [2.05, 4.69) is 15.3 Å². The Morgan fingerprint density at radius 2 is 2.35 bits per heavy atom. The predicted octanol–water partition coefficient (Wildman–Crippen LogP) is 1.35. The molecule has 0 aliphatic heterocycles. The Labute approximate surface area is 102 Å². The zero-order valence-electron chi connectivity index (χ0n) is 10.8. The van der Waals surface area contributed by atoms with Gasteiger partial charge in [0.25, 0.3) is 0 Å². The maximum Gasteiger partial charge on any atom is 0.226 e. The van der Waals surface area contributed by atoms with E-state index < -0.39 is 5.41 Å². The van der Waals surface area contributed by atoms with Crippen LogP contribution in [-0.2, 0) is 4.79 Å². The van der Waals surface area contributed by atoms with E-state index in [0.29, 0.717) is 13.0 Å². The number of rotatable bonds is 6. The Balaban J connectivity index is 2.66. The van der Waals surface area contributed by atoms with Gasteiger partial charge in [0.2, 0.25) is 5.91 Å². The third-order valence-electron chi connectivity index (χ3n) is 2.95. The lowest BCUT2D eigenvalue weighted by atomic mass is 9.88. The van der Waals surface area contributed by atoms with E-state index in [1.165, 1.54) is 0 Å². The zero-order valence-corrected chi connectivity index (χ0v) is 10.8. The van der Waals surface area contributed by atoms with E-state index >= 15 is 0 Å². The highest BCUT2D eigenvalue weighted by Gasteiger charge is 2.28. The fourth-order valence-electron chi connectivity index (χ4n) is 1.66. The molecule has 1 heterocycles. The van der Waals surface area contributed by atoms with Crippen molar-refractivity contribution in [2.75, 3.05) is 6.54 Å². The van der Waals surface area contributed by atoms with Gasteiger partial charge in [0, 0.05) is 17.8 Å². The van der Waals surface area contributed by atoms with Crippen LogP contribution in [0.25, 0.3) is 0 Å². The summed E-state index contributed by atoms with van der Waals surface area (Å²) in [6, 6.07) is -0.0606. The molecule has 1 unspecified atom stereocenters. The number of nitrogens with zero attached hydrogens (tertiary/aromatic N) is 1. The highest BCUT2D eigenvalue weighted by molar-refractivity contribution is 5.82. The van der Waals surface area contributed by atoms with Gasteiger partial charge in [0.1, 0.15) is 5.82 Å². The summed E-state index contributed by atoms with van der Waals surface area (Å²) in [4.78, 5) is 19.3. The first kappa shape index (κ1) is 13.7. The number of hydrogen-bond donors (Lipinski definition) is 3. The smallest absolute Gasteiger partial charge is 0.226 e. The van der Waals surface area contributed by atoms with E-state index in [1.54, 1.807) is 12.4 Å². The molecule has 4 N–H and O–H groups in total. The third-order valence-corrected chi connectivity index (χ3v) is 2.95. The standard InChI is InChI=1S/C12H22N4O/c1-4-9(10-14-7-8-15-10)16-11(17)12(2,3)5-6-13/h7-9H,4-6,13H2,1-3H3,(H,14,15)(H,16,17). The van der Waals surface area contributed by atoms with E-state index in [4.69, 9.17) is 5.73 Å². The van der Waals surface area contributed by atoms with E-state index in [1.807, 2.05) is 20.8 Å². The second-order valence-electron chi connectivity index (χ2n) is 4.83. The summed E-state index contributed by atoms with van der Waals surface area (Å²) in [6.45, 7) is 6.34. The number of H-pyrrole nitrogens is 1. The minimum Gasteiger partial charge on any atom is -0.347 e. The maximum absolute atomic E-state index is 12.1. The van der Waals surface area contributed by atoms with Crippen molar-refractivity contribution in [3.63, 3.8) is 0 Å². The van der Waals surface area contributed by atoms with Crippen LogP contribution in [0.4, 0.5) is 0 Å². The Hall–Kier alpha value is -1.36. The van der Waals surface area contributed by atoms with Crippen molar-refractivity contribution in [1.82, 2.24) is 15.3 Å². The van der Waals surface area contributed by atoms with Crippen molar-refractivity contribution in [2.24, 2.45) is 11.1 Å². The average molecular weight is 238 g/mol. The van der Waals surface area contributed by atoms with Crippen molar-refractivity contribution in [3.05, 3.63) is 18.2 Å². The van der Waals surface area contributed by atoms with Crippen LogP contribution in [-0.4, -0.2) is 22.4 Å². The van der Waals surface area contributed by atoms with Crippen LogP contribution in [0.1, 0.15) is 45.5 Å². The normalized spacial score (nSPS) is 13.4. The van der Waals surface area contributed by atoms with Crippen molar-refractivity contribution in [1.29, 1.82) is 0 Å². The number of imidazole rings is 1. The molecular formula is C12H22N4O. The Kier molecular flexibility index (Phi) is 4.69. The van der Waals surface area contributed by atoms with Crippen LogP contribution in [0.15, 0.2) is 12.4 Å². The molecule has 96 valence electrons. The van der Waals surface area contributed by atoms with E-state index in [-0.39, 0.29) is 11.9 Å². The van der Waals surface area contributed by atoms with Crippen molar-refractivity contribution < 1.29 is 4.79 Å². The summed E-state index contributed by atoms with van der Waals surface area (Å²) < 4.78 is 0. The molecule has 5 nitrogen and oxygen atoms in total. The van der Waals surface area contributed by atoms with Gasteiger partial charge < -0.3 is 16.0 Å². The molecule has 0 aliphatic carbocycles. The van der Waals surface area contributed by atoms with Crippen LogP contribution in [0.3, 0.4) is 0 Å². The van der Waals surface area contributed by atoms with Crippen LogP contribution >= 0.6 is 0 Å². The van der Waals surface area contributed by atoms with Gasteiger partial charge in [0.05, 0.1) is 6.04 Å². The second-order valence-corrected chi connectivity index (χ2v) is 4.83. The van der Waals surface area contributed by atoms with Crippen LogP contribution in [0.2, 0.25) is 0 Å². The SMILES string of the molecule is CCC(NC(=O)C(C)(C)CCN)c1ncc[nH]1. The molecule has 0 aromatic carbocycles. The summed E-state index contributed by atoms with van der Waals surface area (Å²) in [5.41, 5.74) is 5.08. The van der Waals surface area contributed by atoms with Gasteiger partial charge in [-0.05, 0) is 19.4 Å². The van der Waals surface area contributed by atoms with Crippen molar-refractivity contribution in [2.45, 2.75) is 39.7 Å². The monoisotopic (exact) mass is 238 g/mol. The van der Waals surface area contributed by atoms with Gasteiger partial charge in [-0.25, -0.2) is 4.98 Å². The van der Waals surface area contributed by atoms with Gasteiger partial charge >= 0.3 is 0 Å². The van der Waals surface area contributed by atoms with Gasteiger partial charge in [0.15, 0.2) is 0 Å². The summed E-state index contributed by atoms with van der Waals surface area (Å²) in [6.07, 6.45) is 4.93. The molecule has 5 heteroatoms. The molecule has 0 saturated heterocycles. The molecule has 17 heavy (non-hydrogen) atoms. The summed E-state index contributed by atoms with van der Waals surface area (Å²) in [5.74, 6) is 0.815. The molecule has 1 rings (SSSR count). The first-order chi connectivity index (χ1) is 8.01. The molecule has 0 spiro atoms. The molecule has 1 atom stereocenters. The zero-order chi connectivity index (χ0) is 12.9. The fraction of sp³-hybridized carbons (Fsp3) is 0.667. The molecule has 0 saturated carbocycles. The summed E-state index contributed by atoms with van der Waals surface area (Å²) in [7, 11) is 0. The van der Waals surface area contributed by atoms with E-state index in [0.717, 1.165) is 12.2 Å². The Morgan fingerprint density at radius 3 is 2.82 bits per heavy atom. The maximum atomic E-state index is 12.1. The van der Waals surface area contributed by atoms with Gasteiger partial charge in [-0.1, -0.05) is 20.8 Å². The molecule has 0 aliphatic rings. The van der Waals surface area contributed by atoms with Crippen molar-refractivity contribution in [3.8, 4) is 0 Å².